The lowest BCUT2D eigenvalue weighted by Crippen LogP contribution is -2.54. The molecule has 0 aliphatic carbocycles. The molecule has 366 valence electrons. The number of nitrogens with one attached hydrogen (secondary N) is 3. The van der Waals surface area contributed by atoms with Gasteiger partial charge in [0, 0.05) is 63.3 Å². The van der Waals surface area contributed by atoms with Gasteiger partial charge in [-0.1, -0.05) is 48.5 Å². The van der Waals surface area contributed by atoms with Crippen LogP contribution >= 0.6 is 0 Å². The van der Waals surface area contributed by atoms with Crippen molar-refractivity contribution in [3.63, 3.8) is 0 Å². The lowest BCUT2D eigenvalue weighted by atomic mass is 9.92. The average molecular weight is 950 g/mol. The van der Waals surface area contributed by atoms with Crippen molar-refractivity contribution in [2.75, 3.05) is 97.4 Å². The highest BCUT2D eigenvalue weighted by Gasteiger charge is 2.46. The normalized spacial score (nSPS) is 18.6. The second-order valence-electron chi connectivity index (χ2n) is 17.7. The summed E-state index contributed by atoms with van der Waals surface area (Å²) in [6.07, 6.45) is 1.60. The highest BCUT2D eigenvalue weighted by Crippen LogP contribution is 2.34. The molecule has 4 aliphatic rings. The summed E-state index contributed by atoms with van der Waals surface area (Å²) in [5.41, 5.74) is 2.43. The summed E-state index contributed by atoms with van der Waals surface area (Å²) in [5, 5.41) is 10.5. The third-order valence-corrected chi connectivity index (χ3v) is 13.3. The van der Waals surface area contributed by atoms with Crippen molar-refractivity contribution in [2.24, 2.45) is 5.92 Å². The summed E-state index contributed by atoms with van der Waals surface area (Å²) in [4.78, 5) is 83.8. The van der Waals surface area contributed by atoms with Crippen LogP contribution in [-0.4, -0.2) is 153 Å². The Morgan fingerprint density at radius 3 is 2.22 bits per heavy atom. The van der Waals surface area contributed by atoms with Crippen LogP contribution in [0.3, 0.4) is 0 Å². The van der Waals surface area contributed by atoms with E-state index in [0.29, 0.717) is 77.0 Å². The number of benzene rings is 4. The van der Waals surface area contributed by atoms with Crippen molar-refractivity contribution in [2.45, 2.75) is 51.2 Å². The molecule has 8 rings (SSSR count). The fourth-order valence-electron chi connectivity index (χ4n) is 9.45. The van der Waals surface area contributed by atoms with Crippen LogP contribution in [0, 0.1) is 11.7 Å². The largest absolute Gasteiger partial charge is 0.490 e. The van der Waals surface area contributed by atoms with E-state index in [9.17, 15) is 33.2 Å². The third-order valence-electron chi connectivity index (χ3n) is 13.3. The van der Waals surface area contributed by atoms with Crippen LogP contribution in [0.4, 0.5) is 14.9 Å². The van der Waals surface area contributed by atoms with Crippen molar-refractivity contribution in [1.82, 2.24) is 30.2 Å². The molecule has 0 saturated carbocycles. The van der Waals surface area contributed by atoms with Gasteiger partial charge >= 0.3 is 6.03 Å². The Kier molecular flexibility index (Phi) is 16.6. The zero-order valence-electron chi connectivity index (χ0n) is 38.9. The number of nitrogens with zero attached hydrogens (tertiary/aromatic N) is 4. The number of amides is 7. The molecule has 4 aliphatic heterocycles. The van der Waals surface area contributed by atoms with Crippen LogP contribution in [-0.2, 0) is 35.1 Å². The quantitative estimate of drug-likeness (QED) is 0.0817. The number of hydrogen-bond acceptors (Lipinski definition) is 12. The van der Waals surface area contributed by atoms with Gasteiger partial charge in [-0.05, 0) is 91.5 Å². The minimum atomic E-state index is -1.06. The van der Waals surface area contributed by atoms with Crippen molar-refractivity contribution < 1.29 is 52.1 Å². The fourth-order valence-corrected chi connectivity index (χ4v) is 9.45. The van der Waals surface area contributed by atoms with E-state index in [1.807, 2.05) is 0 Å². The van der Waals surface area contributed by atoms with Gasteiger partial charge < -0.3 is 34.5 Å². The number of likely N-dealkylation sites (tertiary alicyclic amines) is 1. The molecule has 4 heterocycles. The highest BCUT2D eigenvalue weighted by atomic mass is 19.1. The monoisotopic (exact) mass is 949 g/mol. The van der Waals surface area contributed by atoms with Crippen molar-refractivity contribution in [1.29, 1.82) is 0 Å². The zero-order valence-corrected chi connectivity index (χ0v) is 38.9. The second-order valence-corrected chi connectivity index (χ2v) is 17.7. The van der Waals surface area contributed by atoms with E-state index in [4.69, 9.17) is 18.9 Å². The van der Waals surface area contributed by atoms with Crippen molar-refractivity contribution >= 4 is 52.0 Å². The number of anilines is 1. The first-order valence-electron chi connectivity index (χ1n) is 23.8. The van der Waals surface area contributed by atoms with Crippen molar-refractivity contribution in [3.05, 3.63) is 107 Å². The number of ether oxygens (including phenoxy) is 4. The van der Waals surface area contributed by atoms with Crippen molar-refractivity contribution in [3.8, 4) is 5.75 Å². The Balaban J connectivity index is 0.650. The van der Waals surface area contributed by atoms with Crippen LogP contribution in [0.5, 0.6) is 5.75 Å². The van der Waals surface area contributed by atoms with Crippen LogP contribution < -0.4 is 20.7 Å². The number of carbonyl (C=O) groups is 6. The zero-order chi connectivity index (χ0) is 48.3. The van der Waals surface area contributed by atoms with E-state index in [-0.39, 0.29) is 73.4 Å². The maximum Gasteiger partial charge on any atom is 0.321 e. The van der Waals surface area contributed by atoms with E-state index in [1.54, 1.807) is 23.1 Å². The predicted molar refractivity (Wildman–Crippen MR) is 253 cm³/mol. The summed E-state index contributed by atoms with van der Waals surface area (Å²) < 4.78 is 37.4. The molecule has 2 atom stereocenters. The summed E-state index contributed by atoms with van der Waals surface area (Å²) >= 11 is 0. The number of fused-ring (bicyclic) bond motifs is 2. The molecular formula is C51H60FN7O10. The first-order valence-corrected chi connectivity index (χ1v) is 23.8. The van der Waals surface area contributed by atoms with Gasteiger partial charge in [0.25, 0.3) is 11.8 Å². The first-order chi connectivity index (χ1) is 33.5. The van der Waals surface area contributed by atoms with E-state index in [1.165, 1.54) is 34.5 Å². The molecule has 7 amide bonds. The molecule has 1 unspecified atom stereocenters. The van der Waals surface area contributed by atoms with Gasteiger partial charge in [0.05, 0.1) is 50.8 Å². The number of urea groups is 1. The summed E-state index contributed by atoms with van der Waals surface area (Å²) in [5.74, 6) is -2.78. The van der Waals surface area contributed by atoms with E-state index < -0.39 is 35.5 Å². The number of carbonyl (C=O) groups excluding carboxylic acids is 6. The summed E-state index contributed by atoms with van der Waals surface area (Å²) in [6.45, 7) is 9.30. The maximum atomic E-state index is 14.7. The van der Waals surface area contributed by atoms with Gasteiger partial charge in [-0.2, -0.15) is 0 Å². The molecule has 17 nitrogen and oxygen atoms in total. The number of imide groups is 2. The molecule has 18 heteroatoms. The number of piperazine rings is 1. The smallest absolute Gasteiger partial charge is 0.321 e. The van der Waals surface area contributed by atoms with Crippen LogP contribution in [0.25, 0.3) is 10.8 Å². The molecule has 4 aromatic carbocycles. The molecule has 4 aromatic rings. The Hall–Kier alpha value is -6.31. The second kappa shape index (κ2) is 23.3. The summed E-state index contributed by atoms with van der Waals surface area (Å²) in [6, 6.07) is 22.8. The van der Waals surface area contributed by atoms with Crippen LogP contribution in [0.15, 0.2) is 78.9 Å². The highest BCUT2D eigenvalue weighted by molar-refractivity contribution is 6.24. The van der Waals surface area contributed by atoms with E-state index in [0.717, 1.165) is 30.8 Å². The van der Waals surface area contributed by atoms with Crippen LogP contribution in [0.2, 0.25) is 0 Å². The fraction of sp³-hybridized carbons (Fsp3) is 0.451. The molecule has 0 aromatic heterocycles. The number of piperidine rings is 2. The molecule has 3 N–H and O–H groups in total. The van der Waals surface area contributed by atoms with Gasteiger partial charge in [0.1, 0.15) is 24.2 Å². The Morgan fingerprint density at radius 2 is 1.46 bits per heavy atom. The lowest BCUT2D eigenvalue weighted by molar-refractivity contribution is -0.136. The van der Waals surface area contributed by atoms with Crippen LogP contribution in [0.1, 0.15) is 70.5 Å². The standard InChI is InChI=1S/C51H60FN7O10/c1-34(40-9-4-7-36-6-2-3-8-41(36)40)57-16-14-37(15-17-57)47(61)53-33-35-30-38(52)32-39(31-35)54-51(65)58-20-18-56(19-21-58)22-23-66-24-25-67-26-27-68-28-29-69-44-11-5-10-42-46(44)50(64)59(49(42)63)43-12-13-45(60)55-48(43)62/h2-11,30-32,34,37,43H,12-29,33H2,1H3,(H,53,61)(H,54,65)(H,55,60,62)/t34-,43?/m1/s1. The predicted octanol–water partition coefficient (Wildman–Crippen LogP) is 4.75. The Bertz CT molecular complexity index is 2500. The summed E-state index contributed by atoms with van der Waals surface area (Å²) in [7, 11) is 0. The molecular weight excluding hydrogens is 890 g/mol. The number of halogens is 1. The first kappa shape index (κ1) is 49.1. The third kappa shape index (κ3) is 12.3. The number of rotatable bonds is 20. The minimum absolute atomic E-state index is 0.0377. The lowest BCUT2D eigenvalue weighted by Gasteiger charge is -2.36. The molecule has 0 radical (unpaired) electrons. The maximum absolute atomic E-state index is 14.7. The van der Waals surface area contributed by atoms with E-state index >= 15 is 0 Å². The van der Waals surface area contributed by atoms with Gasteiger partial charge in [-0.25, -0.2) is 9.18 Å². The van der Waals surface area contributed by atoms with Gasteiger partial charge in [-0.3, -0.25) is 44.0 Å². The minimum Gasteiger partial charge on any atom is -0.490 e. The molecule has 69 heavy (non-hydrogen) atoms. The Morgan fingerprint density at radius 1 is 0.768 bits per heavy atom. The van der Waals surface area contributed by atoms with Gasteiger partial charge in [0.15, 0.2) is 0 Å². The number of hydrogen-bond donors (Lipinski definition) is 3. The van der Waals surface area contributed by atoms with Gasteiger partial charge in [-0.15, -0.1) is 0 Å². The van der Waals surface area contributed by atoms with Gasteiger partial charge in [0.2, 0.25) is 17.7 Å². The SMILES string of the molecule is C[C@H](c1cccc2ccccc12)N1CCC(C(=O)NCc2cc(F)cc(NC(=O)N3CCN(CCOCCOCCOCCOc4cccc5c4C(=O)N(C4CCC(=O)NC4=O)C5=O)CC3)c2)CC1. The molecule has 0 spiro atoms. The Labute approximate surface area is 400 Å². The molecule has 0 bridgehead atoms. The average Bonchev–Trinajstić information content (AvgIpc) is 3.61. The van der Waals surface area contributed by atoms with E-state index in [2.05, 4.69) is 75.1 Å². The molecule has 3 saturated heterocycles. The topological polar surface area (TPSA) is 188 Å². The molecule has 3 fully saturated rings.